The Labute approximate surface area is 106 Å². The summed E-state index contributed by atoms with van der Waals surface area (Å²) in [6, 6.07) is 5.84. The summed E-state index contributed by atoms with van der Waals surface area (Å²) in [5.41, 5.74) is 1.17. The lowest BCUT2D eigenvalue weighted by Gasteiger charge is -2.31. The summed E-state index contributed by atoms with van der Waals surface area (Å²) in [5.74, 6) is 1.83. The van der Waals surface area contributed by atoms with Crippen LogP contribution < -0.4 is 5.32 Å². The van der Waals surface area contributed by atoms with Gasteiger partial charge in [0.1, 0.15) is 5.82 Å². The Hall–Kier alpha value is -0.540. The van der Waals surface area contributed by atoms with Gasteiger partial charge in [0, 0.05) is 10.9 Å². The molecule has 1 aliphatic heterocycles. The van der Waals surface area contributed by atoms with Crippen LogP contribution in [0.15, 0.2) is 23.1 Å². The lowest BCUT2D eigenvalue weighted by atomic mass is 9.85. The number of thioether (sulfide) groups is 1. The molecule has 1 aromatic rings. The van der Waals surface area contributed by atoms with Crippen LogP contribution in [0, 0.1) is 11.7 Å². The van der Waals surface area contributed by atoms with E-state index in [1.165, 1.54) is 24.8 Å². The number of hydrogen-bond acceptors (Lipinski definition) is 2. The quantitative estimate of drug-likeness (QED) is 0.878. The standard InChI is InChI=1S/C14H18FNS/c15-12-6-2-5-11-13(7-8-17-14(11)12)16-9-10-3-1-4-10/h2,5-6,10,13,16H,1,3-4,7-9H2. The first-order chi connectivity index (χ1) is 8.34. The molecular weight excluding hydrogens is 233 g/mol. The maximum atomic E-state index is 13.7. The van der Waals surface area contributed by atoms with Crippen LogP contribution in [-0.2, 0) is 0 Å². The largest absolute Gasteiger partial charge is 0.310 e. The summed E-state index contributed by atoms with van der Waals surface area (Å²) in [4.78, 5) is 0.866. The van der Waals surface area contributed by atoms with Gasteiger partial charge in [0.05, 0.1) is 0 Å². The fourth-order valence-electron chi connectivity index (χ4n) is 2.60. The predicted molar refractivity (Wildman–Crippen MR) is 69.8 cm³/mol. The Balaban J connectivity index is 1.72. The Morgan fingerprint density at radius 2 is 2.18 bits per heavy atom. The minimum atomic E-state index is -0.0531. The highest BCUT2D eigenvalue weighted by molar-refractivity contribution is 7.99. The van der Waals surface area contributed by atoms with Crippen LogP contribution >= 0.6 is 11.8 Å². The van der Waals surface area contributed by atoms with Crippen LogP contribution in [0.25, 0.3) is 0 Å². The number of fused-ring (bicyclic) bond motifs is 1. The molecular formula is C14H18FNS. The van der Waals surface area contributed by atoms with Gasteiger partial charge in [0.2, 0.25) is 0 Å². The summed E-state index contributed by atoms with van der Waals surface area (Å²) < 4.78 is 13.7. The number of hydrogen-bond donors (Lipinski definition) is 1. The van der Waals surface area contributed by atoms with Gasteiger partial charge in [-0.1, -0.05) is 18.6 Å². The third-order valence-electron chi connectivity index (χ3n) is 3.90. The van der Waals surface area contributed by atoms with Crippen LogP contribution in [0.1, 0.15) is 37.3 Å². The highest BCUT2D eigenvalue weighted by Gasteiger charge is 2.24. The lowest BCUT2D eigenvalue weighted by Crippen LogP contribution is -2.32. The molecule has 3 heteroatoms. The van der Waals surface area contributed by atoms with Gasteiger partial charge in [-0.25, -0.2) is 4.39 Å². The molecule has 1 atom stereocenters. The normalized spacial score (nSPS) is 24.2. The van der Waals surface area contributed by atoms with E-state index in [2.05, 4.69) is 11.4 Å². The smallest absolute Gasteiger partial charge is 0.137 e. The van der Waals surface area contributed by atoms with Gasteiger partial charge in [0.25, 0.3) is 0 Å². The molecule has 0 bridgehead atoms. The van der Waals surface area contributed by atoms with Gasteiger partial charge >= 0.3 is 0 Å². The van der Waals surface area contributed by atoms with Gasteiger partial charge in [0.15, 0.2) is 0 Å². The van der Waals surface area contributed by atoms with E-state index in [0.717, 1.165) is 29.5 Å². The van der Waals surface area contributed by atoms with Gasteiger partial charge in [-0.15, -0.1) is 11.8 Å². The van der Waals surface area contributed by atoms with E-state index >= 15 is 0 Å². The highest BCUT2D eigenvalue weighted by Crippen LogP contribution is 2.38. The second-order valence-electron chi connectivity index (χ2n) is 5.05. The van der Waals surface area contributed by atoms with Gasteiger partial charge < -0.3 is 5.32 Å². The number of nitrogens with one attached hydrogen (secondary N) is 1. The molecule has 1 aliphatic carbocycles. The van der Waals surface area contributed by atoms with Crippen molar-refractivity contribution in [2.75, 3.05) is 12.3 Å². The molecule has 1 fully saturated rings. The maximum Gasteiger partial charge on any atom is 0.137 e. The summed E-state index contributed by atoms with van der Waals surface area (Å²) in [6.07, 6.45) is 5.24. The summed E-state index contributed by atoms with van der Waals surface area (Å²) in [7, 11) is 0. The fraction of sp³-hybridized carbons (Fsp3) is 0.571. The molecule has 92 valence electrons. The minimum Gasteiger partial charge on any atom is -0.310 e. The van der Waals surface area contributed by atoms with Crippen molar-refractivity contribution in [1.82, 2.24) is 5.32 Å². The van der Waals surface area contributed by atoms with E-state index in [1.54, 1.807) is 17.8 Å². The lowest BCUT2D eigenvalue weighted by molar-refractivity contribution is 0.286. The number of halogens is 1. The molecule has 1 unspecified atom stereocenters. The molecule has 1 N–H and O–H groups in total. The zero-order chi connectivity index (χ0) is 11.7. The zero-order valence-electron chi connectivity index (χ0n) is 9.92. The Morgan fingerprint density at radius 3 is 2.94 bits per heavy atom. The third-order valence-corrected chi connectivity index (χ3v) is 5.06. The van der Waals surface area contributed by atoms with E-state index in [-0.39, 0.29) is 5.82 Å². The van der Waals surface area contributed by atoms with Crippen molar-refractivity contribution in [3.8, 4) is 0 Å². The molecule has 1 nitrogen and oxygen atoms in total. The van der Waals surface area contributed by atoms with Crippen LogP contribution in [0.4, 0.5) is 4.39 Å². The molecule has 2 aliphatic rings. The van der Waals surface area contributed by atoms with E-state index in [4.69, 9.17) is 0 Å². The van der Waals surface area contributed by atoms with Crippen LogP contribution in [0.2, 0.25) is 0 Å². The summed E-state index contributed by atoms with van der Waals surface area (Å²) in [5, 5.41) is 3.63. The van der Waals surface area contributed by atoms with Gasteiger partial charge in [-0.3, -0.25) is 0 Å². The van der Waals surface area contributed by atoms with E-state index < -0.39 is 0 Å². The van der Waals surface area contributed by atoms with E-state index in [1.807, 2.05) is 6.07 Å². The maximum absolute atomic E-state index is 13.7. The monoisotopic (exact) mass is 251 g/mol. The molecule has 3 rings (SSSR count). The van der Waals surface area contributed by atoms with Crippen molar-refractivity contribution < 1.29 is 4.39 Å². The molecule has 0 spiro atoms. The Kier molecular flexibility index (Phi) is 3.39. The minimum absolute atomic E-state index is 0.0531. The van der Waals surface area contributed by atoms with Crippen molar-refractivity contribution in [2.45, 2.75) is 36.6 Å². The topological polar surface area (TPSA) is 12.0 Å². The first-order valence-electron chi connectivity index (χ1n) is 6.49. The zero-order valence-corrected chi connectivity index (χ0v) is 10.7. The van der Waals surface area contributed by atoms with E-state index in [9.17, 15) is 4.39 Å². The highest BCUT2D eigenvalue weighted by atomic mass is 32.2. The first kappa shape index (κ1) is 11.5. The number of benzene rings is 1. The third kappa shape index (κ3) is 2.36. The van der Waals surface area contributed by atoms with Crippen molar-refractivity contribution in [1.29, 1.82) is 0 Å². The van der Waals surface area contributed by atoms with Crippen LogP contribution in [-0.4, -0.2) is 12.3 Å². The molecule has 1 heterocycles. The summed E-state index contributed by atoms with van der Waals surface area (Å²) in [6.45, 7) is 1.10. The molecule has 0 aromatic heterocycles. The predicted octanol–water partition coefficient (Wildman–Crippen LogP) is 3.75. The van der Waals surface area contributed by atoms with Gasteiger partial charge in [-0.05, 0) is 49.1 Å². The average molecular weight is 251 g/mol. The Bertz CT molecular complexity index is 403. The van der Waals surface area contributed by atoms with Crippen molar-refractivity contribution in [2.24, 2.45) is 5.92 Å². The van der Waals surface area contributed by atoms with Crippen molar-refractivity contribution in [3.05, 3.63) is 29.6 Å². The summed E-state index contributed by atoms with van der Waals surface area (Å²) >= 11 is 1.66. The first-order valence-corrected chi connectivity index (χ1v) is 7.48. The molecule has 0 saturated heterocycles. The molecule has 0 amide bonds. The average Bonchev–Trinajstić information content (AvgIpc) is 2.28. The second-order valence-corrected chi connectivity index (χ2v) is 6.16. The van der Waals surface area contributed by atoms with Crippen molar-refractivity contribution >= 4 is 11.8 Å². The fourth-order valence-corrected chi connectivity index (χ4v) is 3.74. The second kappa shape index (κ2) is 4.99. The molecule has 1 aromatic carbocycles. The van der Waals surface area contributed by atoms with Crippen LogP contribution in [0.5, 0.6) is 0 Å². The Morgan fingerprint density at radius 1 is 1.29 bits per heavy atom. The molecule has 0 radical (unpaired) electrons. The van der Waals surface area contributed by atoms with Crippen LogP contribution in [0.3, 0.4) is 0 Å². The van der Waals surface area contributed by atoms with Gasteiger partial charge in [-0.2, -0.15) is 0 Å². The van der Waals surface area contributed by atoms with E-state index in [0.29, 0.717) is 6.04 Å². The molecule has 17 heavy (non-hydrogen) atoms. The SMILES string of the molecule is Fc1cccc2c1SCCC2NCC1CCC1. The van der Waals surface area contributed by atoms with Crippen molar-refractivity contribution in [3.63, 3.8) is 0 Å². The number of rotatable bonds is 3. The molecule has 1 saturated carbocycles.